The van der Waals surface area contributed by atoms with E-state index in [0.29, 0.717) is 0 Å². The SMILES string of the molecule is COC1=C(OC)C(=O)C(C(C)(C)CC(=O)Oc2ccc([N+](=O)[O-])cc2)=C(C)C1=O. The number of benzene rings is 1. The highest BCUT2D eigenvalue weighted by atomic mass is 16.6. The van der Waals surface area contributed by atoms with E-state index >= 15 is 0 Å². The third kappa shape index (κ3) is 4.34. The summed E-state index contributed by atoms with van der Waals surface area (Å²) in [5.41, 5.74) is -0.871. The van der Waals surface area contributed by atoms with Gasteiger partial charge in [-0.3, -0.25) is 24.5 Å². The first-order valence-electron chi connectivity index (χ1n) is 8.61. The summed E-state index contributed by atoms with van der Waals surface area (Å²) in [6.45, 7) is 4.77. The summed E-state index contributed by atoms with van der Waals surface area (Å²) < 4.78 is 15.3. The van der Waals surface area contributed by atoms with Gasteiger partial charge in [0.1, 0.15) is 5.75 Å². The molecule has 0 amide bonds. The predicted molar refractivity (Wildman–Crippen MR) is 101 cm³/mol. The summed E-state index contributed by atoms with van der Waals surface area (Å²) in [5, 5.41) is 10.7. The number of rotatable bonds is 7. The van der Waals surface area contributed by atoms with E-state index < -0.39 is 27.9 Å². The van der Waals surface area contributed by atoms with Crippen LogP contribution >= 0.6 is 0 Å². The number of methoxy groups -OCH3 is 2. The molecular formula is C20H21NO8. The number of hydrogen-bond donors (Lipinski definition) is 0. The molecule has 1 aliphatic carbocycles. The van der Waals surface area contributed by atoms with Gasteiger partial charge in [0, 0.05) is 28.7 Å². The van der Waals surface area contributed by atoms with Crippen molar-refractivity contribution in [2.45, 2.75) is 27.2 Å². The van der Waals surface area contributed by atoms with Crippen molar-refractivity contribution in [3.8, 4) is 5.75 Å². The number of nitrogens with zero attached hydrogens (tertiary/aromatic N) is 1. The van der Waals surface area contributed by atoms with Crippen LogP contribution < -0.4 is 4.74 Å². The molecule has 1 aliphatic rings. The summed E-state index contributed by atoms with van der Waals surface area (Å²) in [7, 11) is 2.53. The van der Waals surface area contributed by atoms with Gasteiger partial charge in [-0.25, -0.2) is 0 Å². The Morgan fingerprint density at radius 2 is 1.55 bits per heavy atom. The van der Waals surface area contributed by atoms with Gasteiger partial charge in [0.05, 0.1) is 25.6 Å². The zero-order valence-electron chi connectivity index (χ0n) is 16.7. The molecule has 2 rings (SSSR count). The fraction of sp³-hybridized carbons (Fsp3) is 0.350. The second-order valence-electron chi connectivity index (χ2n) is 7.01. The average Bonchev–Trinajstić information content (AvgIpc) is 2.64. The van der Waals surface area contributed by atoms with E-state index in [9.17, 15) is 24.5 Å². The van der Waals surface area contributed by atoms with Crippen LogP contribution in [0.1, 0.15) is 27.2 Å². The largest absolute Gasteiger partial charge is 0.489 e. The maximum Gasteiger partial charge on any atom is 0.312 e. The van der Waals surface area contributed by atoms with Crippen molar-refractivity contribution in [1.29, 1.82) is 0 Å². The minimum atomic E-state index is -1.04. The predicted octanol–water partition coefficient (Wildman–Crippen LogP) is 2.89. The highest BCUT2D eigenvalue weighted by molar-refractivity contribution is 6.24. The topological polar surface area (TPSA) is 122 Å². The number of esters is 1. The molecule has 0 aliphatic heterocycles. The van der Waals surface area contributed by atoms with E-state index in [0.717, 1.165) is 0 Å². The van der Waals surface area contributed by atoms with Gasteiger partial charge in [0.15, 0.2) is 0 Å². The van der Waals surface area contributed by atoms with Crippen LogP contribution in [0.2, 0.25) is 0 Å². The van der Waals surface area contributed by atoms with Gasteiger partial charge in [-0.05, 0) is 19.1 Å². The minimum Gasteiger partial charge on any atom is -0.489 e. The average molecular weight is 403 g/mol. The maximum absolute atomic E-state index is 12.9. The lowest BCUT2D eigenvalue weighted by Crippen LogP contribution is -2.34. The highest BCUT2D eigenvalue weighted by Crippen LogP contribution is 2.39. The lowest BCUT2D eigenvalue weighted by molar-refractivity contribution is -0.384. The van der Waals surface area contributed by atoms with Crippen molar-refractivity contribution in [2.75, 3.05) is 14.2 Å². The molecule has 1 aromatic rings. The van der Waals surface area contributed by atoms with Crippen LogP contribution in [-0.2, 0) is 23.9 Å². The number of nitro groups is 1. The third-order valence-electron chi connectivity index (χ3n) is 4.51. The number of hydrogen-bond acceptors (Lipinski definition) is 8. The summed E-state index contributed by atoms with van der Waals surface area (Å²) in [6.07, 6.45) is -0.213. The van der Waals surface area contributed by atoms with Gasteiger partial charge >= 0.3 is 5.97 Å². The molecule has 0 spiro atoms. The first kappa shape index (κ1) is 21.8. The number of non-ortho nitro benzene ring substituents is 1. The summed E-state index contributed by atoms with van der Waals surface area (Å²) in [4.78, 5) is 48.0. The molecule has 0 saturated heterocycles. The van der Waals surface area contributed by atoms with E-state index in [-0.39, 0.29) is 40.5 Å². The summed E-state index contributed by atoms with van der Waals surface area (Å²) >= 11 is 0. The Labute approximate surface area is 167 Å². The molecule has 0 radical (unpaired) electrons. The van der Waals surface area contributed by atoms with Gasteiger partial charge in [0.2, 0.25) is 23.1 Å². The number of carbonyl (C=O) groups is 3. The first-order chi connectivity index (χ1) is 13.5. The smallest absolute Gasteiger partial charge is 0.312 e. The molecule has 0 unspecified atom stereocenters. The Morgan fingerprint density at radius 1 is 1.03 bits per heavy atom. The fourth-order valence-corrected chi connectivity index (χ4v) is 3.21. The van der Waals surface area contributed by atoms with E-state index in [1.165, 1.54) is 45.4 Å². The Bertz CT molecular complexity index is 938. The second-order valence-corrected chi connectivity index (χ2v) is 7.01. The van der Waals surface area contributed by atoms with Gasteiger partial charge in [-0.1, -0.05) is 13.8 Å². The standard InChI is InChI=1S/C20H21NO8/c1-11-15(17(24)19(28-5)18(27-4)16(11)23)20(2,3)10-14(22)29-13-8-6-12(7-9-13)21(25)26/h6-9H,10H2,1-5H3. The molecular weight excluding hydrogens is 382 g/mol. The Kier molecular flexibility index (Phi) is 6.21. The molecule has 0 aromatic heterocycles. The van der Waals surface area contributed by atoms with E-state index in [1.807, 2.05) is 0 Å². The van der Waals surface area contributed by atoms with Gasteiger partial charge < -0.3 is 14.2 Å². The number of allylic oxidation sites excluding steroid dienone is 2. The van der Waals surface area contributed by atoms with E-state index in [4.69, 9.17) is 14.2 Å². The molecule has 0 N–H and O–H groups in total. The normalized spacial score (nSPS) is 14.8. The molecule has 0 bridgehead atoms. The molecule has 0 fully saturated rings. The van der Waals surface area contributed by atoms with Crippen molar-refractivity contribution < 1.29 is 33.5 Å². The number of Topliss-reactive ketones (excluding diaryl/α,β-unsaturated/α-hetero) is 2. The van der Waals surface area contributed by atoms with E-state index in [2.05, 4.69) is 0 Å². The molecule has 154 valence electrons. The van der Waals surface area contributed by atoms with Crippen molar-refractivity contribution in [1.82, 2.24) is 0 Å². The van der Waals surface area contributed by atoms with Crippen LogP contribution in [-0.4, -0.2) is 36.7 Å². The van der Waals surface area contributed by atoms with Crippen LogP contribution in [0.4, 0.5) is 5.69 Å². The number of carbonyl (C=O) groups excluding carboxylic acids is 3. The quantitative estimate of drug-likeness (QED) is 0.224. The molecule has 0 heterocycles. The lowest BCUT2D eigenvalue weighted by Gasteiger charge is -2.31. The zero-order chi connectivity index (χ0) is 21.9. The van der Waals surface area contributed by atoms with Crippen molar-refractivity contribution >= 4 is 23.2 Å². The van der Waals surface area contributed by atoms with Crippen molar-refractivity contribution in [3.63, 3.8) is 0 Å². The maximum atomic E-state index is 12.9. The van der Waals surface area contributed by atoms with E-state index in [1.54, 1.807) is 13.8 Å². The van der Waals surface area contributed by atoms with Gasteiger partial charge in [0.25, 0.3) is 5.69 Å². The minimum absolute atomic E-state index is 0.132. The second kappa shape index (κ2) is 8.26. The van der Waals surface area contributed by atoms with Crippen LogP contribution in [0.25, 0.3) is 0 Å². The Morgan fingerprint density at radius 3 is 2.03 bits per heavy atom. The molecule has 0 atom stereocenters. The van der Waals surface area contributed by atoms with Crippen molar-refractivity contribution in [2.24, 2.45) is 5.41 Å². The molecule has 29 heavy (non-hydrogen) atoms. The van der Waals surface area contributed by atoms with Gasteiger partial charge in [-0.15, -0.1) is 0 Å². The Hall–Kier alpha value is -3.49. The summed E-state index contributed by atoms with van der Waals surface area (Å²) in [5.74, 6) is -1.94. The van der Waals surface area contributed by atoms with Gasteiger partial charge in [-0.2, -0.15) is 0 Å². The molecule has 1 aromatic carbocycles. The third-order valence-corrected chi connectivity index (χ3v) is 4.51. The zero-order valence-corrected chi connectivity index (χ0v) is 16.7. The van der Waals surface area contributed by atoms with Crippen LogP contribution in [0, 0.1) is 15.5 Å². The number of nitro benzene ring substituents is 1. The van der Waals surface area contributed by atoms with Crippen LogP contribution in [0.5, 0.6) is 5.75 Å². The van der Waals surface area contributed by atoms with Crippen molar-refractivity contribution in [3.05, 3.63) is 57.0 Å². The molecule has 9 nitrogen and oxygen atoms in total. The summed E-state index contributed by atoms with van der Waals surface area (Å²) in [6, 6.07) is 5.04. The van der Waals surface area contributed by atoms with Crippen LogP contribution in [0.15, 0.2) is 46.9 Å². The molecule has 0 saturated carbocycles. The number of ether oxygens (including phenoxy) is 3. The number of ketones is 2. The highest BCUT2D eigenvalue weighted by Gasteiger charge is 2.42. The van der Waals surface area contributed by atoms with Crippen LogP contribution in [0.3, 0.4) is 0 Å². The lowest BCUT2D eigenvalue weighted by atomic mass is 9.73. The monoisotopic (exact) mass is 403 g/mol. The fourth-order valence-electron chi connectivity index (χ4n) is 3.21. The molecule has 9 heteroatoms. The first-order valence-corrected chi connectivity index (χ1v) is 8.61. The Balaban J connectivity index is 2.24.